The van der Waals surface area contributed by atoms with E-state index in [1.807, 2.05) is 19.9 Å². The molecular weight excluding hydrogens is 352 g/mol. The van der Waals surface area contributed by atoms with Crippen LogP contribution in [0.25, 0.3) is 0 Å². The van der Waals surface area contributed by atoms with Gasteiger partial charge in [0.2, 0.25) is 5.91 Å². The third-order valence-electron chi connectivity index (χ3n) is 3.76. The number of aryl methyl sites for hydroxylation is 1. The van der Waals surface area contributed by atoms with Crippen LogP contribution in [0.4, 0.5) is 5.69 Å². The Hall–Kier alpha value is -2.53. The molecule has 0 aliphatic rings. The van der Waals surface area contributed by atoms with Crippen LogP contribution in [0.3, 0.4) is 0 Å². The number of halogens is 1. The predicted molar refractivity (Wildman–Crippen MR) is 104 cm³/mol. The van der Waals surface area contributed by atoms with Crippen LogP contribution in [0.15, 0.2) is 42.5 Å². The number of carbonyl (C=O) groups excluding carboxylic acids is 2. The first kappa shape index (κ1) is 19.8. The summed E-state index contributed by atoms with van der Waals surface area (Å²) in [4.78, 5) is 24.3. The number of anilines is 1. The van der Waals surface area contributed by atoms with E-state index in [1.165, 1.54) is 0 Å². The van der Waals surface area contributed by atoms with Gasteiger partial charge in [-0.3, -0.25) is 9.59 Å². The Kier molecular flexibility index (Phi) is 7.48. The molecule has 0 radical (unpaired) electrons. The molecule has 2 aromatic carbocycles. The fraction of sp³-hybridized carbons (Fsp3) is 0.300. The zero-order valence-corrected chi connectivity index (χ0v) is 15.7. The molecule has 0 aromatic heterocycles. The zero-order valence-electron chi connectivity index (χ0n) is 15.0. The van der Waals surface area contributed by atoms with E-state index in [9.17, 15) is 9.59 Å². The Morgan fingerprint density at radius 1 is 1.15 bits per heavy atom. The Labute approximate surface area is 158 Å². The summed E-state index contributed by atoms with van der Waals surface area (Å²) in [5.74, 6) is 0.255. The first-order chi connectivity index (χ1) is 12.5. The first-order valence-electron chi connectivity index (χ1n) is 8.57. The maximum atomic E-state index is 12.2. The van der Waals surface area contributed by atoms with Crippen molar-refractivity contribution in [1.82, 2.24) is 5.32 Å². The van der Waals surface area contributed by atoms with Crippen molar-refractivity contribution < 1.29 is 14.3 Å². The van der Waals surface area contributed by atoms with E-state index in [-0.39, 0.29) is 11.8 Å². The molecule has 2 aromatic rings. The summed E-state index contributed by atoms with van der Waals surface area (Å²) in [5.41, 5.74) is 2.15. The number of para-hydroxylation sites is 1. The normalized spacial score (nSPS) is 10.3. The lowest BCUT2D eigenvalue weighted by atomic mass is 10.1. The molecule has 0 saturated heterocycles. The molecule has 6 heteroatoms. The molecule has 5 nitrogen and oxygen atoms in total. The summed E-state index contributed by atoms with van der Waals surface area (Å²) < 4.78 is 5.45. The molecule has 0 atom stereocenters. The van der Waals surface area contributed by atoms with Gasteiger partial charge in [0.15, 0.2) is 0 Å². The van der Waals surface area contributed by atoms with Crippen molar-refractivity contribution in [2.75, 3.05) is 18.5 Å². The maximum absolute atomic E-state index is 12.2. The SMILES string of the molecule is CCOc1ccccc1C(=O)NCCCC(=O)Nc1ccc(Cl)cc1C. The largest absolute Gasteiger partial charge is 0.493 e. The van der Waals surface area contributed by atoms with Crippen LogP contribution in [-0.2, 0) is 4.79 Å². The molecule has 0 aliphatic carbocycles. The van der Waals surface area contributed by atoms with Gasteiger partial charge in [-0.05, 0) is 56.2 Å². The third kappa shape index (κ3) is 5.77. The minimum absolute atomic E-state index is 0.0978. The van der Waals surface area contributed by atoms with Gasteiger partial charge in [0.05, 0.1) is 12.2 Å². The van der Waals surface area contributed by atoms with Crippen molar-refractivity contribution in [3.05, 3.63) is 58.6 Å². The van der Waals surface area contributed by atoms with E-state index < -0.39 is 0 Å². The molecule has 2 rings (SSSR count). The number of hydrogen-bond acceptors (Lipinski definition) is 3. The molecule has 0 bridgehead atoms. The van der Waals surface area contributed by atoms with Gasteiger partial charge in [-0.1, -0.05) is 23.7 Å². The number of nitrogens with one attached hydrogen (secondary N) is 2. The fourth-order valence-electron chi connectivity index (χ4n) is 2.46. The van der Waals surface area contributed by atoms with Crippen LogP contribution in [0, 0.1) is 6.92 Å². The lowest BCUT2D eigenvalue weighted by Crippen LogP contribution is -2.26. The fourth-order valence-corrected chi connectivity index (χ4v) is 2.69. The Morgan fingerprint density at radius 3 is 2.65 bits per heavy atom. The second-order valence-electron chi connectivity index (χ2n) is 5.80. The molecule has 26 heavy (non-hydrogen) atoms. The topological polar surface area (TPSA) is 67.4 Å². The second kappa shape index (κ2) is 9.82. The van der Waals surface area contributed by atoms with Crippen molar-refractivity contribution in [2.45, 2.75) is 26.7 Å². The highest BCUT2D eigenvalue weighted by molar-refractivity contribution is 6.30. The second-order valence-corrected chi connectivity index (χ2v) is 6.23. The summed E-state index contributed by atoms with van der Waals surface area (Å²) in [6, 6.07) is 12.4. The molecule has 0 spiro atoms. The molecule has 2 amide bonds. The van der Waals surface area contributed by atoms with Crippen LogP contribution in [0.2, 0.25) is 5.02 Å². The van der Waals surface area contributed by atoms with E-state index in [1.54, 1.807) is 36.4 Å². The van der Waals surface area contributed by atoms with Gasteiger partial charge in [-0.15, -0.1) is 0 Å². The zero-order chi connectivity index (χ0) is 18.9. The van der Waals surface area contributed by atoms with Gasteiger partial charge in [-0.25, -0.2) is 0 Å². The summed E-state index contributed by atoms with van der Waals surface area (Å²) in [7, 11) is 0. The van der Waals surface area contributed by atoms with Crippen LogP contribution in [0.5, 0.6) is 5.75 Å². The van der Waals surface area contributed by atoms with Crippen molar-refractivity contribution >= 4 is 29.1 Å². The molecule has 2 N–H and O–H groups in total. The van der Waals surface area contributed by atoms with E-state index >= 15 is 0 Å². The third-order valence-corrected chi connectivity index (χ3v) is 4.00. The van der Waals surface area contributed by atoms with E-state index in [0.717, 1.165) is 11.3 Å². The Bertz CT molecular complexity index is 777. The molecular formula is C20H23ClN2O3. The lowest BCUT2D eigenvalue weighted by Gasteiger charge is -2.11. The van der Waals surface area contributed by atoms with Crippen molar-refractivity contribution in [1.29, 1.82) is 0 Å². The monoisotopic (exact) mass is 374 g/mol. The summed E-state index contributed by atoms with van der Waals surface area (Å²) in [6.07, 6.45) is 0.858. The predicted octanol–water partition coefficient (Wildman–Crippen LogP) is 4.20. The highest BCUT2D eigenvalue weighted by atomic mass is 35.5. The quantitative estimate of drug-likeness (QED) is 0.680. The van der Waals surface area contributed by atoms with Crippen molar-refractivity contribution in [3.8, 4) is 5.75 Å². The number of amides is 2. The smallest absolute Gasteiger partial charge is 0.255 e. The van der Waals surface area contributed by atoms with Gasteiger partial charge < -0.3 is 15.4 Å². The maximum Gasteiger partial charge on any atom is 0.255 e. The van der Waals surface area contributed by atoms with Crippen LogP contribution < -0.4 is 15.4 Å². The molecule has 0 saturated carbocycles. The molecule has 0 heterocycles. The van der Waals surface area contributed by atoms with Gasteiger partial charge in [-0.2, -0.15) is 0 Å². The van der Waals surface area contributed by atoms with Gasteiger partial charge in [0, 0.05) is 23.7 Å². The summed E-state index contributed by atoms with van der Waals surface area (Å²) in [5, 5.41) is 6.31. The van der Waals surface area contributed by atoms with Gasteiger partial charge in [0.1, 0.15) is 5.75 Å². The lowest BCUT2D eigenvalue weighted by molar-refractivity contribution is -0.116. The highest BCUT2D eigenvalue weighted by Gasteiger charge is 2.11. The standard InChI is InChI=1S/C20H23ClN2O3/c1-3-26-18-8-5-4-7-16(18)20(25)22-12-6-9-19(24)23-17-11-10-15(21)13-14(17)2/h4-5,7-8,10-11,13H,3,6,9,12H2,1-2H3,(H,22,25)(H,23,24). The van der Waals surface area contributed by atoms with Crippen molar-refractivity contribution in [3.63, 3.8) is 0 Å². The summed E-state index contributed by atoms with van der Waals surface area (Å²) in [6.45, 7) is 4.66. The molecule has 138 valence electrons. The van der Waals surface area contributed by atoms with Crippen LogP contribution >= 0.6 is 11.6 Å². The number of carbonyl (C=O) groups is 2. The average molecular weight is 375 g/mol. The molecule has 0 aliphatic heterocycles. The van der Waals surface area contributed by atoms with E-state index in [4.69, 9.17) is 16.3 Å². The Morgan fingerprint density at radius 2 is 1.92 bits per heavy atom. The number of benzene rings is 2. The van der Waals surface area contributed by atoms with Crippen molar-refractivity contribution in [2.24, 2.45) is 0 Å². The van der Waals surface area contributed by atoms with E-state index in [2.05, 4.69) is 10.6 Å². The van der Waals surface area contributed by atoms with Gasteiger partial charge >= 0.3 is 0 Å². The van der Waals surface area contributed by atoms with E-state index in [0.29, 0.717) is 42.3 Å². The minimum Gasteiger partial charge on any atom is -0.493 e. The highest BCUT2D eigenvalue weighted by Crippen LogP contribution is 2.20. The van der Waals surface area contributed by atoms with Crippen LogP contribution in [0.1, 0.15) is 35.7 Å². The van der Waals surface area contributed by atoms with Crippen LogP contribution in [-0.4, -0.2) is 25.0 Å². The number of ether oxygens (including phenoxy) is 1. The average Bonchev–Trinajstić information content (AvgIpc) is 2.62. The number of rotatable bonds is 8. The van der Waals surface area contributed by atoms with Gasteiger partial charge in [0.25, 0.3) is 5.91 Å². The Balaban J connectivity index is 1.78. The first-order valence-corrected chi connectivity index (χ1v) is 8.95. The molecule has 0 fully saturated rings. The summed E-state index contributed by atoms with van der Waals surface area (Å²) >= 11 is 5.91. The number of hydrogen-bond donors (Lipinski definition) is 2. The molecule has 0 unspecified atom stereocenters. The minimum atomic E-state index is -0.206.